The lowest BCUT2D eigenvalue weighted by Crippen LogP contribution is -2.30. The van der Waals surface area contributed by atoms with Crippen LogP contribution in [-0.4, -0.2) is 37.0 Å². The molecular formula is C10H10F3NO3S. The van der Waals surface area contributed by atoms with Crippen LogP contribution in [0.2, 0.25) is 0 Å². The monoisotopic (exact) mass is 281 g/mol. The summed E-state index contributed by atoms with van der Waals surface area (Å²) in [7, 11) is -4.25. The lowest BCUT2D eigenvalue weighted by Gasteiger charge is -2.16. The normalized spacial score (nSPS) is 21.4. The minimum Gasteiger partial charge on any atom is -0.392 e. The molecule has 1 aliphatic heterocycles. The van der Waals surface area contributed by atoms with Crippen LogP contribution in [0.15, 0.2) is 17.0 Å². The summed E-state index contributed by atoms with van der Waals surface area (Å²) in [6.07, 6.45) is -0.599. The summed E-state index contributed by atoms with van der Waals surface area (Å²) in [5.41, 5.74) is 0. The SMILES string of the molecule is O=S(=O)(c1ccc(F)c(F)c1F)N1CC[C@H](O)C1. The first kappa shape index (κ1) is 13.3. The Balaban J connectivity index is 2.45. The van der Waals surface area contributed by atoms with E-state index in [4.69, 9.17) is 0 Å². The fraction of sp³-hybridized carbons (Fsp3) is 0.400. The second-order valence-corrected chi connectivity index (χ2v) is 5.89. The molecule has 0 bridgehead atoms. The van der Waals surface area contributed by atoms with Crippen molar-refractivity contribution in [3.05, 3.63) is 29.6 Å². The minimum absolute atomic E-state index is 0.0158. The number of benzene rings is 1. The lowest BCUT2D eigenvalue weighted by molar-refractivity contribution is 0.189. The Morgan fingerprint density at radius 1 is 1.22 bits per heavy atom. The summed E-state index contributed by atoms with van der Waals surface area (Å²) in [5, 5.41) is 9.24. The van der Waals surface area contributed by atoms with Crippen molar-refractivity contribution in [3.8, 4) is 0 Å². The van der Waals surface area contributed by atoms with Crippen LogP contribution in [0.1, 0.15) is 6.42 Å². The third-order valence-electron chi connectivity index (χ3n) is 2.74. The number of nitrogens with zero attached hydrogens (tertiary/aromatic N) is 1. The standard InChI is InChI=1S/C10H10F3NO3S/c11-7-1-2-8(10(13)9(7)12)18(16,17)14-4-3-6(15)5-14/h1-2,6,15H,3-5H2/t6-/m0/s1. The van der Waals surface area contributed by atoms with Gasteiger partial charge in [-0.25, -0.2) is 21.6 Å². The molecule has 18 heavy (non-hydrogen) atoms. The fourth-order valence-electron chi connectivity index (χ4n) is 1.78. The molecule has 1 N–H and O–H groups in total. The minimum atomic E-state index is -4.25. The largest absolute Gasteiger partial charge is 0.392 e. The molecule has 0 radical (unpaired) electrons. The molecule has 100 valence electrons. The number of aliphatic hydroxyl groups excluding tert-OH is 1. The Hall–Kier alpha value is -1.12. The third kappa shape index (κ3) is 2.11. The van der Waals surface area contributed by atoms with Gasteiger partial charge in [-0.15, -0.1) is 0 Å². The maximum Gasteiger partial charge on any atom is 0.246 e. The summed E-state index contributed by atoms with van der Waals surface area (Å²) >= 11 is 0. The number of β-amino-alcohol motifs (C(OH)–C–C–N with tert-alkyl or cyclic N) is 1. The highest BCUT2D eigenvalue weighted by molar-refractivity contribution is 7.89. The molecule has 0 amide bonds. The van der Waals surface area contributed by atoms with Crippen molar-refractivity contribution in [2.24, 2.45) is 0 Å². The van der Waals surface area contributed by atoms with E-state index in [1.807, 2.05) is 0 Å². The second kappa shape index (κ2) is 4.52. The van der Waals surface area contributed by atoms with Crippen LogP contribution in [0.25, 0.3) is 0 Å². The zero-order valence-electron chi connectivity index (χ0n) is 9.11. The molecular weight excluding hydrogens is 271 g/mol. The van der Waals surface area contributed by atoms with E-state index in [0.29, 0.717) is 12.1 Å². The first-order chi connectivity index (χ1) is 8.34. The summed E-state index contributed by atoms with van der Waals surface area (Å²) in [6.45, 7) is -0.164. The van der Waals surface area contributed by atoms with Gasteiger partial charge in [-0.2, -0.15) is 4.31 Å². The number of rotatable bonds is 2. The Morgan fingerprint density at radius 2 is 1.89 bits per heavy atom. The van der Waals surface area contributed by atoms with Crippen molar-refractivity contribution in [1.29, 1.82) is 0 Å². The van der Waals surface area contributed by atoms with Gasteiger partial charge in [0.1, 0.15) is 4.90 Å². The Morgan fingerprint density at radius 3 is 2.44 bits per heavy atom. The molecule has 1 aliphatic rings. The third-order valence-corrected chi connectivity index (χ3v) is 4.63. The van der Waals surface area contributed by atoms with Gasteiger partial charge in [0.25, 0.3) is 0 Å². The highest BCUT2D eigenvalue weighted by Gasteiger charge is 2.34. The van der Waals surface area contributed by atoms with E-state index in [2.05, 4.69) is 0 Å². The maximum atomic E-state index is 13.4. The van der Waals surface area contributed by atoms with Gasteiger partial charge < -0.3 is 5.11 Å². The first-order valence-electron chi connectivity index (χ1n) is 5.15. The summed E-state index contributed by atoms with van der Waals surface area (Å²) < 4.78 is 63.9. The van der Waals surface area contributed by atoms with Crippen molar-refractivity contribution in [3.63, 3.8) is 0 Å². The second-order valence-electron chi connectivity index (χ2n) is 3.98. The fourth-order valence-corrected chi connectivity index (χ4v) is 3.32. The van der Waals surface area contributed by atoms with Crippen LogP contribution in [-0.2, 0) is 10.0 Å². The Kier molecular flexibility index (Phi) is 3.35. The van der Waals surface area contributed by atoms with Gasteiger partial charge in [-0.05, 0) is 18.6 Å². The van der Waals surface area contributed by atoms with E-state index in [9.17, 15) is 26.7 Å². The molecule has 0 aliphatic carbocycles. The van der Waals surface area contributed by atoms with Gasteiger partial charge in [-0.3, -0.25) is 0 Å². The highest BCUT2D eigenvalue weighted by Crippen LogP contribution is 2.25. The van der Waals surface area contributed by atoms with Gasteiger partial charge in [0.2, 0.25) is 10.0 Å². The van der Waals surface area contributed by atoms with Crippen LogP contribution in [0.3, 0.4) is 0 Å². The van der Waals surface area contributed by atoms with E-state index < -0.39 is 38.5 Å². The van der Waals surface area contributed by atoms with E-state index >= 15 is 0 Å². The van der Waals surface area contributed by atoms with Gasteiger partial charge in [-0.1, -0.05) is 0 Å². The molecule has 4 nitrogen and oxygen atoms in total. The maximum absolute atomic E-state index is 13.4. The molecule has 0 spiro atoms. The Labute approximate surface area is 102 Å². The molecule has 1 aromatic carbocycles. The summed E-state index contributed by atoms with van der Waals surface area (Å²) in [6, 6.07) is 1.23. The van der Waals surface area contributed by atoms with Gasteiger partial charge >= 0.3 is 0 Å². The highest BCUT2D eigenvalue weighted by atomic mass is 32.2. The first-order valence-corrected chi connectivity index (χ1v) is 6.59. The number of halogens is 3. The zero-order chi connectivity index (χ0) is 13.5. The molecule has 1 saturated heterocycles. The number of hydrogen-bond donors (Lipinski definition) is 1. The molecule has 1 fully saturated rings. The average molecular weight is 281 g/mol. The van der Waals surface area contributed by atoms with Crippen molar-refractivity contribution in [1.82, 2.24) is 4.31 Å². The topological polar surface area (TPSA) is 57.6 Å². The number of hydrogen-bond acceptors (Lipinski definition) is 3. The van der Waals surface area contributed by atoms with E-state index in [0.717, 1.165) is 4.31 Å². The molecule has 0 saturated carbocycles. The van der Waals surface area contributed by atoms with Crippen LogP contribution >= 0.6 is 0 Å². The molecule has 8 heteroatoms. The molecule has 0 aromatic heterocycles. The zero-order valence-corrected chi connectivity index (χ0v) is 9.92. The van der Waals surface area contributed by atoms with E-state index in [-0.39, 0.29) is 19.5 Å². The van der Waals surface area contributed by atoms with Gasteiger partial charge in [0.15, 0.2) is 17.5 Å². The van der Waals surface area contributed by atoms with Crippen molar-refractivity contribution < 1.29 is 26.7 Å². The molecule has 1 heterocycles. The van der Waals surface area contributed by atoms with E-state index in [1.165, 1.54) is 0 Å². The number of aliphatic hydroxyl groups is 1. The van der Waals surface area contributed by atoms with Crippen molar-refractivity contribution in [2.75, 3.05) is 13.1 Å². The van der Waals surface area contributed by atoms with Crippen LogP contribution in [0.4, 0.5) is 13.2 Å². The van der Waals surface area contributed by atoms with Crippen LogP contribution < -0.4 is 0 Å². The smallest absolute Gasteiger partial charge is 0.246 e. The van der Waals surface area contributed by atoms with E-state index in [1.54, 1.807) is 0 Å². The number of sulfonamides is 1. The molecule has 1 aromatic rings. The van der Waals surface area contributed by atoms with Crippen LogP contribution in [0.5, 0.6) is 0 Å². The predicted molar refractivity (Wildman–Crippen MR) is 55.7 cm³/mol. The lowest BCUT2D eigenvalue weighted by atomic mass is 10.3. The van der Waals surface area contributed by atoms with Crippen LogP contribution in [0, 0.1) is 17.5 Å². The van der Waals surface area contributed by atoms with Crippen molar-refractivity contribution in [2.45, 2.75) is 17.4 Å². The van der Waals surface area contributed by atoms with Gasteiger partial charge in [0, 0.05) is 13.1 Å². The quantitative estimate of drug-likeness (QED) is 0.818. The Bertz CT molecular complexity index is 576. The molecule has 2 rings (SSSR count). The van der Waals surface area contributed by atoms with Gasteiger partial charge in [0.05, 0.1) is 6.10 Å². The van der Waals surface area contributed by atoms with Crippen molar-refractivity contribution >= 4 is 10.0 Å². The summed E-state index contributed by atoms with van der Waals surface area (Å²) in [5.74, 6) is -5.01. The summed E-state index contributed by atoms with van der Waals surface area (Å²) in [4.78, 5) is -0.921. The predicted octanol–water partition coefficient (Wildman–Crippen LogP) is 0.859. The molecule has 0 unspecified atom stereocenters. The average Bonchev–Trinajstić information content (AvgIpc) is 2.73. The molecule has 1 atom stereocenters.